The van der Waals surface area contributed by atoms with Crippen molar-refractivity contribution in [3.05, 3.63) is 46.0 Å². The van der Waals surface area contributed by atoms with Gasteiger partial charge < -0.3 is 16.0 Å². The van der Waals surface area contributed by atoms with Gasteiger partial charge in [0.15, 0.2) is 5.16 Å². The summed E-state index contributed by atoms with van der Waals surface area (Å²) in [6.45, 7) is 4.57. The zero-order chi connectivity index (χ0) is 15.4. The van der Waals surface area contributed by atoms with Crippen LogP contribution in [-0.4, -0.2) is 16.0 Å². The molecule has 0 bridgehead atoms. The molecule has 0 radical (unpaired) electrons. The van der Waals surface area contributed by atoms with Gasteiger partial charge in [0.2, 0.25) is 0 Å². The lowest BCUT2D eigenvalue weighted by Crippen LogP contribution is -2.22. The maximum absolute atomic E-state index is 13.4. The van der Waals surface area contributed by atoms with E-state index in [0.29, 0.717) is 11.7 Å². The molecule has 0 spiro atoms. The number of benzene rings is 1. The number of hydrogen-bond acceptors (Lipinski definition) is 5. The summed E-state index contributed by atoms with van der Waals surface area (Å²) in [5.74, 6) is -0.140. The summed E-state index contributed by atoms with van der Waals surface area (Å²) >= 11 is 1.25. The van der Waals surface area contributed by atoms with E-state index in [0.717, 1.165) is 10.5 Å². The van der Waals surface area contributed by atoms with Gasteiger partial charge in [-0.2, -0.15) is 0 Å². The van der Waals surface area contributed by atoms with Crippen molar-refractivity contribution in [1.82, 2.24) is 15.3 Å². The summed E-state index contributed by atoms with van der Waals surface area (Å²) < 4.78 is 13.4. The van der Waals surface area contributed by atoms with Gasteiger partial charge in [-0.1, -0.05) is 25.6 Å². The summed E-state index contributed by atoms with van der Waals surface area (Å²) in [5.41, 5.74) is 6.05. The van der Waals surface area contributed by atoms with E-state index in [1.807, 2.05) is 13.8 Å². The van der Waals surface area contributed by atoms with E-state index in [1.165, 1.54) is 30.0 Å². The maximum Gasteiger partial charge on any atom is 0.253 e. The summed E-state index contributed by atoms with van der Waals surface area (Å²) in [7, 11) is 0. The summed E-state index contributed by atoms with van der Waals surface area (Å²) in [5, 5.41) is 3.63. The smallest absolute Gasteiger partial charge is 0.253 e. The molecule has 2 aromatic rings. The van der Waals surface area contributed by atoms with Crippen LogP contribution in [0.4, 0.5) is 10.2 Å². The molecule has 0 saturated carbocycles. The largest absolute Gasteiger partial charge is 0.383 e. The minimum absolute atomic E-state index is 0.158. The first-order chi connectivity index (χ1) is 9.94. The Bertz CT molecular complexity index is 687. The Kier molecular flexibility index (Phi) is 4.98. The molecule has 5 nitrogen and oxygen atoms in total. The fraction of sp³-hybridized carbons (Fsp3) is 0.286. The van der Waals surface area contributed by atoms with Gasteiger partial charge in [0, 0.05) is 23.5 Å². The lowest BCUT2D eigenvalue weighted by molar-refractivity contribution is 0.576. The zero-order valence-corrected chi connectivity index (χ0v) is 12.6. The molecular formula is C14H17FN4OS. The van der Waals surface area contributed by atoms with Crippen LogP contribution < -0.4 is 16.6 Å². The average molecular weight is 308 g/mol. The molecule has 1 aromatic carbocycles. The second-order valence-corrected chi connectivity index (χ2v) is 5.90. The number of halogens is 1. The Labute approximate surface area is 126 Å². The third kappa shape index (κ3) is 4.57. The molecule has 7 heteroatoms. The predicted octanol–water partition coefficient (Wildman–Crippen LogP) is 2.14. The van der Waals surface area contributed by atoms with Gasteiger partial charge in [-0.25, -0.2) is 9.37 Å². The quantitative estimate of drug-likeness (QED) is 0.737. The first kappa shape index (κ1) is 15.5. The number of anilines is 1. The van der Waals surface area contributed by atoms with Crippen molar-refractivity contribution in [2.24, 2.45) is 0 Å². The monoisotopic (exact) mass is 308 g/mol. The molecule has 2 rings (SSSR count). The van der Waals surface area contributed by atoms with Crippen LogP contribution in [0.1, 0.15) is 19.4 Å². The van der Waals surface area contributed by atoms with Gasteiger partial charge in [-0.15, -0.1) is 0 Å². The molecule has 0 amide bonds. The summed E-state index contributed by atoms with van der Waals surface area (Å²) in [6, 6.07) is 6.03. The first-order valence-corrected chi connectivity index (χ1v) is 7.32. The van der Waals surface area contributed by atoms with Crippen molar-refractivity contribution in [1.29, 1.82) is 0 Å². The normalized spacial score (nSPS) is 11.0. The number of rotatable bonds is 5. The van der Waals surface area contributed by atoms with Gasteiger partial charge in [0.25, 0.3) is 5.56 Å². The van der Waals surface area contributed by atoms with Crippen LogP contribution in [-0.2, 0) is 6.54 Å². The van der Waals surface area contributed by atoms with Crippen LogP contribution in [0.5, 0.6) is 0 Å². The van der Waals surface area contributed by atoms with E-state index in [2.05, 4.69) is 15.3 Å². The van der Waals surface area contributed by atoms with Crippen molar-refractivity contribution in [3.63, 3.8) is 0 Å². The Morgan fingerprint density at radius 1 is 1.43 bits per heavy atom. The van der Waals surface area contributed by atoms with E-state index >= 15 is 0 Å². The highest BCUT2D eigenvalue weighted by molar-refractivity contribution is 7.99. The highest BCUT2D eigenvalue weighted by Gasteiger charge is 2.09. The van der Waals surface area contributed by atoms with Gasteiger partial charge in [0.1, 0.15) is 11.6 Å². The second kappa shape index (κ2) is 6.73. The van der Waals surface area contributed by atoms with Crippen LogP contribution in [0, 0.1) is 5.82 Å². The van der Waals surface area contributed by atoms with Crippen LogP contribution in [0.2, 0.25) is 0 Å². The number of nitrogens with zero attached hydrogens (tertiary/aromatic N) is 1. The van der Waals surface area contributed by atoms with Crippen molar-refractivity contribution < 1.29 is 4.39 Å². The van der Waals surface area contributed by atoms with Crippen LogP contribution in [0.3, 0.4) is 0 Å². The molecule has 1 heterocycles. The number of nitrogen functional groups attached to an aromatic ring is 1. The standard InChI is InChI=1S/C14H17FN4OS/c1-8(2)17-7-9-5-10(15)3-4-11(9)21-14-18-12(16)6-13(20)19-14/h3-6,8,17H,7H2,1-2H3,(H3,16,18,19,20). The van der Waals surface area contributed by atoms with E-state index < -0.39 is 0 Å². The molecule has 0 aliphatic heterocycles. The van der Waals surface area contributed by atoms with Crippen molar-refractivity contribution in [3.8, 4) is 0 Å². The predicted molar refractivity (Wildman–Crippen MR) is 81.8 cm³/mol. The number of aromatic amines is 1. The van der Waals surface area contributed by atoms with Crippen LogP contribution in [0.15, 0.2) is 39.1 Å². The number of aromatic nitrogens is 2. The van der Waals surface area contributed by atoms with E-state index in [-0.39, 0.29) is 23.2 Å². The Morgan fingerprint density at radius 2 is 2.19 bits per heavy atom. The Balaban J connectivity index is 2.28. The van der Waals surface area contributed by atoms with Gasteiger partial charge in [-0.3, -0.25) is 4.79 Å². The second-order valence-electron chi connectivity index (χ2n) is 4.87. The minimum Gasteiger partial charge on any atom is -0.383 e. The third-order valence-electron chi connectivity index (χ3n) is 2.67. The maximum atomic E-state index is 13.4. The SMILES string of the molecule is CC(C)NCc1cc(F)ccc1Sc1nc(N)cc(=O)[nH]1. The molecule has 0 aliphatic carbocycles. The van der Waals surface area contributed by atoms with Gasteiger partial charge in [-0.05, 0) is 23.8 Å². The summed E-state index contributed by atoms with van der Waals surface area (Å²) in [6.07, 6.45) is 0. The van der Waals surface area contributed by atoms with Crippen LogP contribution in [0.25, 0.3) is 0 Å². The molecule has 0 unspecified atom stereocenters. The summed E-state index contributed by atoms with van der Waals surface area (Å²) in [4.78, 5) is 18.9. The molecule has 0 aliphatic rings. The molecule has 21 heavy (non-hydrogen) atoms. The van der Waals surface area contributed by atoms with Crippen molar-refractivity contribution in [2.75, 3.05) is 5.73 Å². The molecule has 4 N–H and O–H groups in total. The number of nitrogens with two attached hydrogens (primary N) is 1. The molecule has 0 fully saturated rings. The fourth-order valence-electron chi connectivity index (χ4n) is 1.71. The first-order valence-electron chi connectivity index (χ1n) is 6.50. The zero-order valence-electron chi connectivity index (χ0n) is 11.8. The van der Waals surface area contributed by atoms with Crippen LogP contribution >= 0.6 is 11.8 Å². The molecular weight excluding hydrogens is 291 g/mol. The highest BCUT2D eigenvalue weighted by atomic mass is 32.2. The molecule has 0 saturated heterocycles. The van der Waals surface area contributed by atoms with E-state index in [4.69, 9.17) is 5.73 Å². The van der Waals surface area contributed by atoms with Gasteiger partial charge >= 0.3 is 0 Å². The Hall–Kier alpha value is -1.86. The van der Waals surface area contributed by atoms with Gasteiger partial charge in [0.05, 0.1) is 0 Å². The number of hydrogen-bond donors (Lipinski definition) is 3. The fourth-order valence-corrected chi connectivity index (χ4v) is 2.61. The lowest BCUT2D eigenvalue weighted by atomic mass is 10.2. The van der Waals surface area contributed by atoms with E-state index in [9.17, 15) is 9.18 Å². The average Bonchev–Trinajstić information content (AvgIpc) is 2.37. The van der Waals surface area contributed by atoms with E-state index in [1.54, 1.807) is 6.07 Å². The van der Waals surface area contributed by atoms with Crippen molar-refractivity contribution >= 4 is 17.6 Å². The number of H-pyrrole nitrogens is 1. The Morgan fingerprint density at radius 3 is 2.86 bits per heavy atom. The topological polar surface area (TPSA) is 83.8 Å². The minimum atomic E-state index is -0.311. The van der Waals surface area contributed by atoms with Crippen molar-refractivity contribution in [2.45, 2.75) is 36.5 Å². The number of nitrogens with one attached hydrogen (secondary N) is 2. The third-order valence-corrected chi connectivity index (χ3v) is 3.67. The molecule has 0 atom stereocenters. The molecule has 1 aromatic heterocycles. The highest BCUT2D eigenvalue weighted by Crippen LogP contribution is 2.28. The lowest BCUT2D eigenvalue weighted by Gasteiger charge is -2.12. The molecule has 112 valence electrons.